The van der Waals surface area contributed by atoms with Crippen LogP contribution in [0, 0.1) is 11.8 Å². The van der Waals surface area contributed by atoms with Crippen LogP contribution in [0.3, 0.4) is 0 Å². The molecule has 0 aromatic heterocycles. The summed E-state index contributed by atoms with van der Waals surface area (Å²) in [6.45, 7) is 4.66. The van der Waals surface area contributed by atoms with Crippen molar-refractivity contribution in [3.05, 3.63) is 35.9 Å². The van der Waals surface area contributed by atoms with Crippen molar-refractivity contribution in [1.82, 2.24) is 5.32 Å². The summed E-state index contributed by atoms with van der Waals surface area (Å²) in [7, 11) is 0. The zero-order valence-electron chi connectivity index (χ0n) is 11.0. The van der Waals surface area contributed by atoms with Crippen molar-refractivity contribution in [2.75, 3.05) is 13.1 Å². The van der Waals surface area contributed by atoms with Crippen LogP contribution in [-0.4, -0.2) is 13.1 Å². The molecule has 0 amide bonds. The molecule has 0 aliphatic heterocycles. The number of nitrogens with one attached hydrogen (secondary N) is 1. The minimum absolute atomic E-state index is 0.949. The molecule has 1 aliphatic carbocycles. The first-order chi connectivity index (χ1) is 8.40. The van der Waals surface area contributed by atoms with E-state index < -0.39 is 0 Å². The Morgan fingerprint density at radius 1 is 1.12 bits per heavy atom. The molecule has 0 spiro atoms. The molecule has 2 unspecified atom stereocenters. The molecule has 2 rings (SSSR count). The average Bonchev–Trinajstić information content (AvgIpc) is 2.35. The smallest absolute Gasteiger partial charge is 0.00179 e. The number of hydrogen-bond acceptors (Lipinski definition) is 1. The molecule has 0 saturated heterocycles. The van der Waals surface area contributed by atoms with Crippen molar-refractivity contribution >= 4 is 0 Å². The summed E-state index contributed by atoms with van der Waals surface area (Å²) in [6, 6.07) is 10.9. The predicted molar refractivity (Wildman–Crippen MR) is 74.1 cm³/mol. The third kappa shape index (κ3) is 3.85. The van der Waals surface area contributed by atoms with E-state index in [1.807, 2.05) is 0 Å². The highest BCUT2D eigenvalue weighted by Gasteiger charge is 2.29. The SMILES string of the molecule is CCCNCC1CCC1CCc1ccccc1. The van der Waals surface area contributed by atoms with Gasteiger partial charge in [0.25, 0.3) is 0 Å². The van der Waals surface area contributed by atoms with Crippen LogP contribution in [0.1, 0.15) is 38.2 Å². The third-order valence-corrected chi connectivity index (χ3v) is 4.05. The van der Waals surface area contributed by atoms with Crippen LogP contribution in [-0.2, 0) is 6.42 Å². The molecule has 0 bridgehead atoms. The highest BCUT2D eigenvalue weighted by Crippen LogP contribution is 2.37. The predicted octanol–water partition coefficient (Wildman–Crippen LogP) is 3.65. The molecule has 0 heterocycles. The molecule has 0 radical (unpaired) electrons. The monoisotopic (exact) mass is 231 g/mol. The average molecular weight is 231 g/mol. The largest absolute Gasteiger partial charge is 0.316 e. The lowest BCUT2D eigenvalue weighted by Gasteiger charge is -2.37. The van der Waals surface area contributed by atoms with Gasteiger partial charge in [-0.2, -0.15) is 0 Å². The minimum atomic E-state index is 0.949. The lowest BCUT2D eigenvalue weighted by molar-refractivity contribution is 0.161. The first-order valence-corrected chi connectivity index (χ1v) is 7.14. The Morgan fingerprint density at radius 2 is 1.88 bits per heavy atom. The minimum Gasteiger partial charge on any atom is -0.316 e. The number of rotatable bonds is 7. The maximum Gasteiger partial charge on any atom is -0.00179 e. The van der Waals surface area contributed by atoms with Gasteiger partial charge in [0.2, 0.25) is 0 Å². The topological polar surface area (TPSA) is 12.0 Å². The van der Waals surface area contributed by atoms with Gasteiger partial charge in [-0.1, -0.05) is 37.3 Å². The lowest BCUT2D eigenvalue weighted by Crippen LogP contribution is -2.35. The van der Waals surface area contributed by atoms with Crippen LogP contribution in [0.15, 0.2) is 30.3 Å². The summed E-state index contributed by atoms with van der Waals surface area (Å²) in [5.41, 5.74) is 1.50. The molecule has 1 fully saturated rings. The van der Waals surface area contributed by atoms with E-state index in [1.54, 1.807) is 0 Å². The van der Waals surface area contributed by atoms with Crippen molar-refractivity contribution in [2.24, 2.45) is 11.8 Å². The zero-order chi connectivity index (χ0) is 11.9. The van der Waals surface area contributed by atoms with Crippen molar-refractivity contribution in [3.8, 4) is 0 Å². The fourth-order valence-corrected chi connectivity index (χ4v) is 2.75. The van der Waals surface area contributed by atoms with Crippen LogP contribution in [0.25, 0.3) is 0 Å². The highest BCUT2D eigenvalue weighted by atomic mass is 14.9. The van der Waals surface area contributed by atoms with Gasteiger partial charge in [0.1, 0.15) is 0 Å². The molecule has 1 aliphatic rings. The standard InChI is InChI=1S/C16H25N/c1-2-12-17-13-16-11-10-15(16)9-8-14-6-4-3-5-7-14/h3-7,15-17H,2,8-13H2,1H3. The summed E-state index contributed by atoms with van der Waals surface area (Å²) < 4.78 is 0. The van der Waals surface area contributed by atoms with Gasteiger partial charge in [-0.3, -0.25) is 0 Å². The van der Waals surface area contributed by atoms with Gasteiger partial charge in [-0.05, 0) is 62.6 Å². The van der Waals surface area contributed by atoms with Crippen molar-refractivity contribution in [3.63, 3.8) is 0 Å². The molecule has 17 heavy (non-hydrogen) atoms. The number of aryl methyl sites for hydroxylation is 1. The second-order valence-electron chi connectivity index (χ2n) is 5.33. The maximum absolute atomic E-state index is 3.57. The lowest BCUT2D eigenvalue weighted by atomic mass is 9.71. The normalized spacial score (nSPS) is 23.4. The van der Waals surface area contributed by atoms with Gasteiger partial charge in [-0.25, -0.2) is 0 Å². The number of hydrogen-bond donors (Lipinski definition) is 1. The molecule has 2 atom stereocenters. The van der Waals surface area contributed by atoms with E-state index in [9.17, 15) is 0 Å². The Kier molecular flexibility index (Phi) is 5.06. The van der Waals surface area contributed by atoms with Gasteiger partial charge >= 0.3 is 0 Å². The van der Waals surface area contributed by atoms with Crippen LogP contribution in [0.4, 0.5) is 0 Å². The van der Waals surface area contributed by atoms with E-state index in [2.05, 4.69) is 42.6 Å². The molecule has 1 nitrogen and oxygen atoms in total. The van der Waals surface area contributed by atoms with E-state index >= 15 is 0 Å². The first kappa shape index (κ1) is 12.6. The third-order valence-electron chi connectivity index (χ3n) is 4.05. The summed E-state index contributed by atoms with van der Waals surface area (Å²) in [4.78, 5) is 0. The number of benzene rings is 1. The molecular weight excluding hydrogens is 206 g/mol. The Bertz CT molecular complexity index is 307. The molecule has 1 aromatic rings. The molecule has 1 saturated carbocycles. The van der Waals surface area contributed by atoms with Gasteiger partial charge < -0.3 is 5.32 Å². The van der Waals surface area contributed by atoms with Gasteiger partial charge in [0, 0.05) is 0 Å². The Labute approximate surface area is 106 Å². The highest BCUT2D eigenvalue weighted by molar-refractivity contribution is 5.14. The van der Waals surface area contributed by atoms with Crippen molar-refractivity contribution in [2.45, 2.75) is 39.0 Å². The second-order valence-corrected chi connectivity index (χ2v) is 5.33. The Morgan fingerprint density at radius 3 is 2.53 bits per heavy atom. The fraction of sp³-hybridized carbons (Fsp3) is 0.625. The van der Waals surface area contributed by atoms with Crippen molar-refractivity contribution < 1.29 is 0 Å². The molecule has 1 N–H and O–H groups in total. The second kappa shape index (κ2) is 6.80. The van der Waals surface area contributed by atoms with E-state index in [4.69, 9.17) is 0 Å². The van der Waals surface area contributed by atoms with E-state index in [0.29, 0.717) is 0 Å². The Balaban J connectivity index is 1.66. The van der Waals surface area contributed by atoms with Gasteiger partial charge in [0.05, 0.1) is 0 Å². The van der Waals surface area contributed by atoms with Crippen LogP contribution in [0.5, 0.6) is 0 Å². The molecule has 94 valence electrons. The fourth-order valence-electron chi connectivity index (χ4n) is 2.75. The molecule has 1 heteroatoms. The maximum atomic E-state index is 3.57. The van der Waals surface area contributed by atoms with Crippen LogP contribution in [0.2, 0.25) is 0 Å². The van der Waals surface area contributed by atoms with E-state index in [1.165, 1.54) is 50.8 Å². The summed E-state index contributed by atoms with van der Waals surface area (Å²) in [5, 5.41) is 3.57. The summed E-state index contributed by atoms with van der Waals surface area (Å²) in [6.07, 6.45) is 6.78. The van der Waals surface area contributed by atoms with Crippen LogP contribution < -0.4 is 5.32 Å². The van der Waals surface area contributed by atoms with Gasteiger partial charge in [-0.15, -0.1) is 0 Å². The molecule has 1 aromatic carbocycles. The summed E-state index contributed by atoms with van der Waals surface area (Å²) in [5.74, 6) is 1.92. The molecular formula is C16H25N. The quantitative estimate of drug-likeness (QED) is 0.706. The van der Waals surface area contributed by atoms with Crippen LogP contribution >= 0.6 is 0 Å². The van der Waals surface area contributed by atoms with E-state index in [-0.39, 0.29) is 0 Å². The zero-order valence-corrected chi connectivity index (χ0v) is 11.0. The first-order valence-electron chi connectivity index (χ1n) is 7.14. The summed E-state index contributed by atoms with van der Waals surface area (Å²) >= 11 is 0. The van der Waals surface area contributed by atoms with E-state index in [0.717, 1.165) is 11.8 Å². The van der Waals surface area contributed by atoms with Crippen molar-refractivity contribution in [1.29, 1.82) is 0 Å². The Hall–Kier alpha value is -0.820. The van der Waals surface area contributed by atoms with Gasteiger partial charge in [0.15, 0.2) is 0 Å².